The maximum atomic E-state index is 12.1. The largest absolute Gasteiger partial charge is 0.298 e. The van der Waals surface area contributed by atoms with Crippen LogP contribution >= 0.6 is 23.1 Å². The van der Waals surface area contributed by atoms with Gasteiger partial charge in [0.05, 0.1) is 11.4 Å². The minimum Gasteiger partial charge on any atom is -0.298 e. The van der Waals surface area contributed by atoms with Gasteiger partial charge in [-0.15, -0.1) is 11.3 Å². The van der Waals surface area contributed by atoms with E-state index in [1.807, 2.05) is 38.3 Å². The van der Waals surface area contributed by atoms with E-state index < -0.39 is 0 Å². The quantitative estimate of drug-likeness (QED) is 0.600. The Kier molecular flexibility index (Phi) is 4.61. The second-order valence-electron chi connectivity index (χ2n) is 6.90. The monoisotopic (exact) mass is 346 g/mol. The Hall–Kier alpha value is -1.20. The third-order valence-corrected chi connectivity index (χ3v) is 6.15. The second kappa shape index (κ2) is 6.36. The molecule has 0 radical (unpaired) electrons. The predicted molar refractivity (Wildman–Crippen MR) is 97.3 cm³/mol. The van der Waals surface area contributed by atoms with E-state index >= 15 is 0 Å². The lowest BCUT2D eigenvalue weighted by Crippen LogP contribution is -2.22. The van der Waals surface area contributed by atoms with Crippen molar-refractivity contribution in [3.05, 3.63) is 27.6 Å². The number of ketones is 1. The molecule has 3 rings (SSSR count). The molecule has 0 aromatic carbocycles. The number of fused-ring (bicyclic) bond motifs is 3. The highest BCUT2D eigenvalue weighted by atomic mass is 32.2. The van der Waals surface area contributed by atoms with Gasteiger partial charge in [-0.1, -0.05) is 39.5 Å². The Morgan fingerprint density at radius 2 is 2.13 bits per heavy atom. The van der Waals surface area contributed by atoms with Crippen LogP contribution in [0.15, 0.2) is 16.7 Å². The molecule has 2 heterocycles. The summed E-state index contributed by atoms with van der Waals surface area (Å²) in [7, 11) is 0. The van der Waals surface area contributed by atoms with Crippen molar-refractivity contribution in [1.29, 1.82) is 0 Å². The lowest BCUT2D eigenvalue weighted by molar-refractivity contribution is -0.123. The average Bonchev–Trinajstić information content (AvgIpc) is 2.95. The normalized spacial score (nSPS) is 13.6. The van der Waals surface area contributed by atoms with E-state index in [1.54, 1.807) is 0 Å². The van der Waals surface area contributed by atoms with Gasteiger partial charge in [-0.05, 0) is 35.8 Å². The van der Waals surface area contributed by atoms with Crippen LogP contribution in [0, 0.1) is 5.41 Å². The topological polar surface area (TPSA) is 42.9 Å². The summed E-state index contributed by atoms with van der Waals surface area (Å²) in [6, 6.07) is 0. The number of thiophene rings is 1. The number of nitrogens with zero attached hydrogens (tertiary/aromatic N) is 2. The molecule has 0 saturated heterocycles. The molecule has 2 aromatic rings. The fourth-order valence-electron chi connectivity index (χ4n) is 2.62. The Morgan fingerprint density at radius 1 is 1.35 bits per heavy atom. The van der Waals surface area contributed by atoms with Gasteiger partial charge in [-0.25, -0.2) is 9.97 Å². The van der Waals surface area contributed by atoms with Gasteiger partial charge in [0.2, 0.25) is 0 Å². The number of aryl methyl sites for hydroxylation is 3. The summed E-state index contributed by atoms with van der Waals surface area (Å²) in [5.41, 5.74) is 4.72. The lowest BCUT2D eigenvalue weighted by atomic mass is 9.92. The molecule has 23 heavy (non-hydrogen) atoms. The van der Waals surface area contributed by atoms with Crippen molar-refractivity contribution in [3.8, 4) is 11.3 Å². The fraction of sp³-hybridized carbons (Fsp3) is 0.500. The van der Waals surface area contributed by atoms with Crippen LogP contribution in [0.25, 0.3) is 11.3 Å². The van der Waals surface area contributed by atoms with Gasteiger partial charge in [0.25, 0.3) is 0 Å². The van der Waals surface area contributed by atoms with Crippen LogP contribution in [0.3, 0.4) is 0 Å². The molecule has 1 aliphatic rings. The summed E-state index contributed by atoms with van der Waals surface area (Å²) < 4.78 is 0. The third kappa shape index (κ3) is 3.36. The predicted octanol–water partition coefficient (Wildman–Crippen LogP) is 4.57. The van der Waals surface area contributed by atoms with Crippen molar-refractivity contribution in [2.45, 2.75) is 52.1 Å². The van der Waals surface area contributed by atoms with Gasteiger partial charge in [0.15, 0.2) is 5.16 Å². The zero-order chi connectivity index (χ0) is 16.6. The third-order valence-electron chi connectivity index (χ3n) is 4.19. The second-order valence-corrected chi connectivity index (χ2v) is 8.81. The van der Waals surface area contributed by atoms with E-state index in [9.17, 15) is 4.79 Å². The number of rotatable bonds is 4. The molecule has 5 heteroatoms. The van der Waals surface area contributed by atoms with Crippen LogP contribution < -0.4 is 0 Å². The van der Waals surface area contributed by atoms with E-state index in [1.165, 1.54) is 33.3 Å². The lowest BCUT2D eigenvalue weighted by Gasteiger charge is -2.18. The van der Waals surface area contributed by atoms with Crippen molar-refractivity contribution in [2.24, 2.45) is 5.41 Å². The Labute approximate surface area is 145 Å². The molecule has 0 aliphatic heterocycles. The number of aromatic nitrogens is 2. The number of hydrogen-bond donors (Lipinski definition) is 0. The number of carbonyl (C=O) groups excluding carboxylic acids is 1. The molecule has 0 fully saturated rings. The van der Waals surface area contributed by atoms with Crippen LogP contribution in [0.2, 0.25) is 0 Å². The Morgan fingerprint density at radius 3 is 2.83 bits per heavy atom. The first-order valence-electron chi connectivity index (χ1n) is 8.01. The highest BCUT2D eigenvalue weighted by Gasteiger charge is 2.24. The van der Waals surface area contributed by atoms with Gasteiger partial charge in [-0.3, -0.25) is 4.79 Å². The van der Waals surface area contributed by atoms with Gasteiger partial charge in [-0.2, -0.15) is 0 Å². The zero-order valence-corrected chi connectivity index (χ0v) is 15.7. The molecule has 0 spiro atoms. The Balaban J connectivity index is 1.87. The minimum absolute atomic E-state index is 0.231. The van der Waals surface area contributed by atoms with Crippen molar-refractivity contribution >= 4 is 28.9 Å². The molecular weight excluding hydrogens is 324 g/mol. The standard InChI is InChI=1S/C18H22N2OS2/c1-5-11-9-22-13-7-6-12-8-19-17(20-16(12)15(11)13)23-10-14(21)18(2,3)4/h8-9H,5-7,10H2,1-4H3. The van der Waals surface area contributed by atoms with Gasteiger partial charge in [0.1, 0.15) is 5.78 Å². The minimum atomic E-state index is -0.308. The highest BCUT2D eigenvalue weighted by molar-refractivity contribution is 7.99. The highest BCUT2D eigenvalue weighted by Crippen LogP contribution is 2.39. The zero-order valence-electron chi connectivity index (χ0n) is 14.1. The van der Waals surface area contributed by atoms with E-state index in [0.29, 0.717) is 10.9 Å². The molecule has 0 amide bonds. The summed E-state index contributed by atoms with van der Waals surface area (Å²) in [5.74, 6) is 0.661. The molecule has 2 aromatic heterocycles. The molecule has 3 nitrogen and oxygen atoms in total. The van der Waals surface area contributed by atoms with Crippen LogP contribution in [0.4, 0.5) is 0 Å². The number of thioether (sulfide) groups is 1. The van der Waals surface area contributed by atoms with Gasteiger partial charge >= 0.3 is 0 Å². The first kappa shape index (κ1) is 16.7. The first-order valence-corrected chi connectivity index (χ1v) is 9.88. The molecule has 0 unspecified atom stereocenters. The van der Waals surface area contributed by atoms with E-state index in [2.05, 4.69) is 17.3 Å². The summed E-state index contributed by atoms with van der Waals surface area (Å²) in [6.45, 7) is 8.05. The van der Waals surface area contributed by atoms with Crippen molar-refractivity contribution < 1.29 is 4.79 Å². The maximum absolute atomic E-state index is 12.1. The molecule has 1 aliphatic carbocycles. The van der Waals surface area contributed by atoms with Crippen LogP contribution in [0.1, 0.15) is 43.7 Å². The average molecular weight is 347 g/mol. The van der Waals surface area contributed by atoms with Crippen molar-refractivity contribution in [1.82, 2.24) is 9.97 Å². The van der Waals surface area contributed by atoms with E-state index in [-0.39, 0.29) is 11.2 Å². The van der Waals surface area contributed by atoms with Crippen molar-refractivity contribution in [3.63, 3.8) is 0 Å². The maximum Gasteiger partial charge on any atom is 0.188 e. The summed E-state index contributed by atoms with van der Waals surface area (Å²) in [4.78, 5) is 22.8. The first-order chi connectivity index (χ1) is 10.9. The molecular formula is C18H22N2OS2. The number of Topliss-reactive ketones (excluding diaryl/α,β-unsaturated/α-hetero) is 1. The van der Waals surface area contributed by atoms with Crippen LogP contribution in [-0.4, -0.2) is 21.5 Å². The Bertz CT molecular complexity index is 730. The summed E-state index contributed by atoms with van der Waals surface area (Å²) in [6.07, 6.45) is 5.08. The molecule has 122 valence electrons. The van der Waals surface area contributed by atoms with Crippen LogP contribution in [0.5, 0.6) is 0 Å². The summed E-state index contributed by atoms with van der Waals surface area (Å²) >= 11 is 3.30. The van der Waals surface area contributed by atoms with E-state index in [4.69, 9.17) is 4.98 Å². The van der Waals surface area contributed by atoms with Crippen molar-refractivity contribution in [2.75, 3.05) is 5.75 Å². The molecule has 0 atom stereocenters. The number of hydrogen-bond acceptors (Lipinski definition) is 5. The fourth-order valence-corrected chi connectivity index (χ4v) is 4.73. The summed E-state index contributed by atoms with van der Waals surface area (Å²) in [5, 5.41) is 2.97. The van der Waals surface area contributed by atoms with Gasteiger partial charge < -0.3 is 0 Å². The smallest absolute Gasteiger partial charge is 0.188 e. The SMILES string of the molecule is CCc1csc2c1-c1nc(SCC(=O)C(C)(C)C)ncc1CC2. The number of carbonyl (C=O) groups is 1. The van der Waals surface area contributed by atoms with E-state index in [0.717, 1.165) is 25.0 Å². The van der Waals surface area contributed by atoms with Gasteiger partial charge in [0, 0.05) is 22.1 Å². The molecule has 0 bridgehead atoms. The molecule has 0 N–H and O–H groups in total. The van der Waals surface area contributed by atoms with Crippen LogP contribution in [-0.2, 0) is 24.1 Å². The molecule has 0 saturated carbocycles.